The SMILES string of the molecule is C=C1/C=C\C=C/N(c2ccc(C3C=CC(c4cc(-c5ccccc5)cc(C5C=CC=C/C5=C(/N=CN)c5ccccc5)c4)=CC3)cc2)c2ccccc21. The van der Waals surface area contributed by atoms with Crippen molar-refractivity contribution in [1.29, 1.82) is 0 Å². The van der Waals surface area contributed by atoms with Crippen LogP contribution in [0.5, 0.6) is 0 Å². The zero-order valence-corrected chi connectivity index (χ0v) is 29.6. The van der Waals surface area contributed by atoms with E-state index >= 15 is 0 Å². The summed E-state index contributed by atoms with van der Waals surface area (Å²) in [6, 6.07) is 45.3. The molecule has 5 aromatic carbocycles. The van der Waals surface area contributed by atoms with Crippen LogP contribution in [-0.2, 0) is 0 Å². The zero-order chi connectivity index (χ0) is 36.0. The Hall–Kier alpha value is -6.71. The van der Waals surface area contributed by atoms with Gasteiger partial charge in [-0.25, -0.2) is 4.99 Å². The van der Waals surface area contributed by atoms with Crippen LogP contribution in [0.2, 0.25) is 0 Å². The van der Waals surface area contributed by atoms with E-state index in [1.54, 1.807) is 0 Å². The van der Waals surface area contributed by atoms with Crippen LogP contribution in [0.25, 0.3) is 28.0 Å². The van der Waals surface area contributed by atoms with Crippen molar-refractivity contribution in [2.24, 2.45) is 10.7 Å². The molecule has 2 atom stereocenters. The van der Waals surface area contributed by atoms with Crippen LogP contribution in [0.4, 0.5) is 11.4 Å². The molecule has 2 unspecified atom stereocenters. The summed E-state index contributed by atoms with van der Waals surface area (Å²) in [4.78, 5) is 6.93. The van der Waals surface area contributed by atoms with Crippen LogP contribution in [0.3, 0.4) is 0 Å². The van der Waals surface area contributed by atoms with Gasteiger partial charge < -0.3 is 10.6 Å². The molecule has 3 aliphatic rings. The maximum absolute atomic E-state index is 5.91. The van der Waals surface area contributed by atoms with Gasteiger partial charge in [0.1, 0.15) is 0 Å². The minimum atomic E-state index is 0.00484. The Balaban J connectivity index is 1.10. The second-order valence-corrected chi connectivity index (χ2v) is 13.4. The molecule has 1 aliphatic heterocycles. The van der Waals surface area contributed by atoms with E-state index in [0.717, 1.165) is 45.8 Å². The third kappa shape index (κ3) is 7.11. The number of hydrogen-bond donors (Lipinski definition) is 1. The van der Waals surface area contributed by atoms with E-state index < -0.39 is 0 Å². The number of anilines is 2. The molecule has 5 aromatic rings. The van der Waals surface area contributed by atoms with Crippen molar-refractivity contribution in [2.45, 2.75) is 18.3 Å². The predicted molar refractivity (Wildman–Crippen MR) is 226 cm³/mol. The summed E-state index contributed by atoms with van der Waals surface area (Å²) in [6.45, 7) is 4.29. The molecule has 0 radical (unpaired) electrons. The molecule has 0 fully saturated rings. The zero-order valence-electron chi connectivity index (χ0n) is 29.6. The van der Waals surface area contributed by atoms with Gasteiger partial charge in [0, 0.05) is 34.9 Å². The van der Waals surface area contributed by atoms with Gasteiger partial charge in [-0.1, -0.05) is 164 Å². The Bertz CT molecular complexity index is 2380. The fraction of sp³-hybridized carbons (Fsp3) is 0.0600. The van der Waals surface area contributed by atoms with Crippen LogP contribution in [-0.4, -0.2) is 6.34 Å². The second kappa shape index (κ2) is 15.3. The molecular formula is C50H41N3. The Kier molecular flexibility index (Phi) is 9.63. The third-order valence-electron chi connectivity index (χ3n) is 10.2. The molecule has 1 heterocycles. The standard InChI is InChI=1S/C50H41N3/c1-36-14-12-13-31-53(49-22-11-10-19-46(36)49)45-29-27-39(28-30-45)38-23-25-40(26-24-38)43-32-42(37-15-4-2-5-16-37)33-44(34-43)47-20-8-9-21-48(47)50(52-35-51)41-17-6-3-7-18-41/h2-23,25-35,38,47H,1,24H2,(H2,51,52)/b14-12-,31-13-,50-48-. The first-order chi connectivity index (χ1) is 26.2. The molecule has 0 saturated heterocycles. The average molecular weight is 684 g/mol. The van der Waals surface area contributed by atoms with E-state index in [-0.39, 0.29) is 5.92 Å². The van der Waals surface area contributed by atoms with Gasteiger partial charge in [-0.3, -0.25) is 0 Å². The number of para-hydroxylation sites is 1. The quantitative estimate of drug-likeness (QED) is 0.137. The van der Waals surface area contributed by atoms with Crippen molar-refractivity contribution in [2.75, 3.05) is 4.90 Å². The highest BCUT2D eigenvalue weighted by molar-refractivity contribution is 5.86. The van der Waals surface area contributed by atoms with Crippen molar-refractivity contribution in [3.63, 3.8) is 0 Å². The summed E-state index contributed by atoms with van der Waals surface area (Å²) >= 11 is 0. The van der Waals surface area contributed by atoms with E-state index in [1.807, 2.05) is 24.3 Å². The number of benzene rings is 5. The average Bonchev–Trinajstić information content (AvgIpc) is 3.23. The van der Waals surface area contributed by atoms with Gasteiger partial charge in [0.2, 0.25) is 0 Å². The molecule has 0 bridgehead atoms. The summed E-state index contributed by atoms with van der Waals surface area (Å²) in [6.07, 6.45) is 26.3. The third-order valence-corrected chi connectivity index (χ3v) is 10.2. The molecule has 3 heteroatoms. The lowest BCUT2D eigenvalue weighted by Crippen LogP contribution is -2.11. The van der Waals surface area contributed by atoms with Gasteiger partial charge >= 0.3 is 0 Å². The van der Waals surface area contributed by atoms with Gasteiger partial charge in [-0.15, -0.1) is 0 Å². The molecule has 256 valence electrons. The molecule has 8 rings (SSSR count). The lowest BCUT2D eigenvalue weighted by atomic mass is 9.82. The number of nitrogens with zero attached hydrogens (tertiary/aromatic N) is 2. The molecule has 3 nitrogen and oxygen atoms in total. The molecule has 53 heavy (non-hydrogen) atoms. The number of hydrogen-bond acceptors (Lipinski definition) is 2. The Morgan fingerprint density at radius 3 is 2.19 bits per heavy atom. The van der Waals surface area contributed by atoms with E-state index in [2.05, 4.69) is 187 Å². The van der Waals surface area contributed by atoms with Gasteiger partial charge in [-0.2, -0.15) is 0 Å². The van der Waals surface area contributed by atoms with Gasteiger partial charge in [0.25, 0.3) is 0 Å². The summed E-state index contributed by atoms with van der Waals surface area (Å²) in [7, 11) is 0. The first-order valence-corrected chi connectivity index (χ1v) is 18.2. The van der Waals surface area contributed by atoms with Crippen LogP contribution < -0.4 is 10.6 Å². The van der Waals surface area contributed by atoms with E-state index in [0.29, 0.717) is 5.92 Å². The molecule has 0 aromatic heterocycles. The highest BCUT2D eigenvalue weighted by atomic mass is 15.1. The van der Waals surface area contributed by atoms with Crippen LogP contribution in [0.15, 0.2) is 211 Å². The topological polar surface area (TPSA) is 41.6 Å². The molecule has 0 saturated carbocycles. The van der Waals surface area contributed by atoms with Crippen LogP contribution in [0.1, 0.15) is 46.1 Å². The van der Waals surface area contributed by atoms with Crippen molar-refractivity contribution in [3.8, 4) is 11.1 Å². The minimum Gasteiger partial charge on any atom is -0.390 e. The fourth-order valence-corrected chi connectivity index (χ4v) is 7.46. The van der Waals surface area contributed by atoms with Gasteiger partial charge in [0.15, 0.2) is 0 Å². The summed E-state index contributed by atoms with van der Waals surface area (Å²) in [5.41, 5.74) is 20.7. The highest BCUT2D eigenvalue weighted by Crippen LogP contribution is 2.41. The summed E-state index contributed by atoms with van der Waals surface area (Å²) < 4.78 is 0. The number of rotatable bonds is 7. The molecule has 2 aliphatic carbocycles. The lowest BCUT2D eigenvalue weighted by Gasteiger charge is -2.26. The molecular weight excluding hydrogens is 643 g/mol. The second-order valence-electron chi connectivity index (χ2n) is 13.4. The van der Waals surface area contributed by atoms with E-state index in [1.165, 1.54) is 39.7 Å². The summed E-state index contributed by atoms with van der Waals surface area (Å²) in [5, 5.41) is 0. The number of allylic oxidation sites excluding steroid dienone is 13. The van der Waals surface area contributed by atoms with Crippen LogP contribution >= 0.6 is 0 Å². The van der Waals surface area contributed by atoms with E-state index in [9.17, 15) is 0 Å². The molecule has 0 amide bonds. The fourth-order valence-electron chi connectivity index (χ4n) is 7.46. The largest absolute Gasteiger partial charge is 0.390 e. The van der Waals surface area contributed by atoms with Gasteiger partial charge in [-0.05, 0) is 81.3 Å². The Labute approximate surface area is 312 Å². The maximum Gasteiger partial charge on any atom is 0.0860 e. The highest BCUT2D eigenvalue weighted by Gasteiger charge is 2.22. The lowest BCUT2D eigenvalue weighted by molar-refractivity contribution is 0.856. The normalized spacial score (nSPS) is 20.0. The number of fused-ring (bicyclic) bond motifs is 1. The Morgan fingerprint density at radius 1 is 0.679 bits per heavy atom. The van der Waals surface area contributed by atoms with E-state index in [4.69, 9.17) is 5.73 Å². The monoisotopic (exact) mass is 683 g/mol. The number of nitrogens with two attached hydrogens (primary N) is 1. The first kappa shape index (κ1) is 33.4. The van der Waals surface area contributed by atoms with Crippen molar-refractivity contribution < 1.29 is 0 Å². The minimum absolute atomic E-state index is 0.00484. The van der Waals surface area contributed by atoms with Crippen LogP contribution in [0, 0.1) is 0 Å². The number of aliphatic imine (C=N–C) groups is 1. The first-order valence-electron chi connectivity index (χ1n) is 18.2. The van der Waals surface area contributed by atoms with Crippen molar-refractivity contribution >= 4 is 34.6 Å². The molecule has 0 spiro atoms. The summed E-state index contributed by atoms with van der Waals surface area (Å²) in [5.74, 6) is 0.302. The Morgan fingerprint density at radius 2 is 1.42 bits per heavy atom. The molecule has 2 N–H and O–H groups in total. The van der Waals surface area contributed by atoms with Gasteiger partial charge in [0.05, 0.1) is 17.7 Å². The predicted octanol–water partition coefficient (Wildman–Crippen LogP) is 12.3. The van der Waals surface area contributed by atoms with Crippen molar-refractivity contribution in [1.82, 2.24) is 0 Å². The van der Waals surface area contributed by atoms with Crippen molar-refractivity contribution in [3.05, 3.63) is 234 Å². The smallest absolute Gasteiger partial charge is 0.0860 e. The maximum atomic E-state index is 5.91.